The summed E-state index contributed by atoms with van der Waals surface area (Å²) in [5.41, 5.74) is 0. The fourth-order valence-corrected chi connectivity index (χ4v) is 2.25. The van der Waals surface area contributed by atoms with Crippen LogP contribution in [0.1, 0.15) is 29.4 Å². The highest BCUT2D eigenvalue weighted by Crippen LogP contribution is 2.24. The van der Waals surface area contributed by atoms with Gasteiger partial charge in [0.15, 0.2) is 6.29 Å². The second kappa shape index (κ2) is 6.58. The van der Waals surface area contributed by atoms with Crippen LogP contribution in [-0.2, 0) is 0 Å². The van der Waals surface area contributed by atoms with Gasteiger partial charge in [0, 0.05) is 13.1 Å². The molecule has 0 aliphatic carbocycles. The Hall–Kier alpha value is -0.870. The molecule has 1 aromatic heterocycles. The molecule has 0 radical (unpaired) electrons. The normalized spacial score (nSPS) is 10.3. The minimum atomic E-state index is 0.151. The number of rotatable bonds is 7. The molecule has 0 aromatic carbocycles. The maximum atomic E-state index is 10.6. The van der Waals surface area contributed by atoms with Crippen molar-refractivity contribution >= 4 is 22.6 Å². The lowest BCUT2D eigenvalue weighted by molar-refractivity contribution is 0.112. The number of carbonyl (C=O) groups is 1. The second-order valence-corrected chi connectivity index (χ2v) is 4.45. The summed E-state index contributed by atoms with van der Waals surface area (Å²) >= 11 is 1.48. The van der Waals surface area contributed by atoms with E-state index < -0.39 is 0 Å². The molecule has 1 heterocycles. The third-order valence-corrected chi connectivity index (χ3v) is 3.26. The molecule has 0 aliphatic heterocycles. The minimum Gasteiger partial charge on any atom is -0.395 e. The van der Waals surface area contributed by atoms with E-state index in [9.17, 15) is 4.79 Å². The van der Waals surface area contributed by atoms with E-state index in [1.807, 2.05) is 12.1 Å². The van der Waals surface area contributed by atoms with Crippen molar-refractivity contribution in [2.75, 3.05) is 24.6 Å². The van der Waals surface area contributed by atoms with Crippen LogP contribution in [0.2, 0.25) is 0 Å². The second-order valence-electron chi connectivity index (χ2n) is 3.36. The van der Waals surface area contributed by atoms with E-state index in [0.717, 1.165) is 35.6 Å². The van der Waals surface area contributed by atoms with Crippen LogP contribution in [0.25, 0.3) is 0 Å². The molecule has 1 aromatic rings. The molecular weight excluding hydrogens is 210 g/mol. The Balaban J connectivity index is 2.64. The lowest BCUT2D eigenvalue weighted by atomic mass is 10.3. The Morgan fingerprint density at radius 1 is 1.47 bits per heavy atom. The van der Waals surface area contributed by atoms with E-state index in [4.69, 9.17) is 5.11 Å². The van der Waals surface area contributed by atoms with E-state index in [1.54, 1.807) is 0 Å². The highest BCUT2D eigenvalue weighted by molar-refractivity contribution is 7.17. The number of carbonyl (C=O) groups excluding carboxylic acids is 1. The lowest BCUT2D eigenvalue weighted by Crippen LogP contribution is -2.26. The molecule has 1 rings (SSSR count). The van der Waals surface area contributed by atoms with Gasteiger partial charge in [0.2, 0.25) is 0 Å². The summed E-state index contributed by atoms with van der Waals surface area (Å²) in [5.74, 6) is 0. The van der Waals surface area contributed by atoms with Crippen LogP contribution in [0, 0.1) is 0 Å². The highest BCUT2D eigenvalue weighted by atomic mass is 32.1. The number of anilines is 1. The lowest BCUT2D eigenvalue weighted by Gasteiger charge is -2.21. The van der Waals surface area contributed by atoms with Crippen LogP contribution in [0.4, 0.5) is 5.00 Å². The van der Waals surface area contributed by atoms with E-state index >= 15 is 0 Å². The van der Waals surface area contributed by atoms with Crippen molar-refractivity contribution in [3.05, 3.63) is 17.0 Å². The quantitative estimate of drug-likeness (QED) is 0.726. The monoisotopic (exact) mass is 227 g/mol. The zero-order chi connectivity index (χ0) is 11.1. The van der Waals surface area contributed by atoms with E-state index in [-0.39, 0.29) is 6.61 Å². The zero-order valence-corrected chi connectivity index (χ0v) is 9.80. The highest BCUT2D eigenvalue weighted by Gasteiger charge is 2.07. The summed E-state index contributed by atoms with van der Waals surface area (Å²) in [7, 11) is 0. The molecule has 0 amide bonds. The average molecular weight is 227 g/mol. The standard InChI is InChI=1S/C11H17NO2S/c1-2-3-6-12(7-8-13)11-5-4-10(9-14)15-11/h4-5,9,13H,2-3,6-8H2,1H3. The average Bonchev–Trinajstić information content (AvgIpc) is 2.72. The Morgan fingerprint density at radius 3 is 2.80 bits per heavy atom. The molecule has 1 N–H and O–H groups in total. The van der Waals surface area contributed by atoms with Crippen molar-refractivity contribution < 1.29 is 9.90 Å². The Bertz CT molecular complexity index is 299. The van der Waals surface area contributed by atoms with E-state index in [0.29, 0.717) is 6.54 Å². The van der Waals surface area contributed by atoms with Gasteiger partial charge >= 0.3 is 0 Å². The fourth-order valence-electron chi connectivity index (χ4n) is 1.38. The van der Waals surface area contributed by atoms with Crippen molar-refractivity contribution in [2.45, 2.75) is 19.8 Å². The smallest absolute Gasteiger partial charge is 0.160 e. The number of unbranched alkanes of at least 4 members (excludes halogenated alkanes) is 1. The summed E-state index contributed by atoms with van der Waals surface area (Å²) in [6.45, 7) is 3.87. The minimum absolute atomic E-state index is 0.151. The molecule has 0 aliphatic rings. The molecule has 0 bridgehead atoms. The summed E-state index contributed by atoms with van der Waals surface area (Å²) in [5, 5.41) is 10.0. The van der Waals surface area contributed by atoms with E-state index in [1.165, 1.54) is 11.3 Å². The van der Waals surface area contributed by atoms with Gasteiger partial charge in [-0.05, 0) is 18.6 Å². The first-order chi connectivity index (χ1) is 7.31. The van der Waals surface area contributed by atoms with Crippen LogP contribution in [0.3, 0.4) is 0 Å². The van der Waals surface area contributed by atoms with Gasteiger partial charge in [0.1, 0.15) is 0 Å². The van der Waals surface area contributed by atoms with Gasteiger partial charge in [-0.25, -0.2) is 0 Å². The number of nitrogens with zero attached hydrogens (tertiary/aromatic N) is 1. The van der Waals surface area contributed by atoms with Crippen molar-refractivity contribution in [1.82, 2.24) is 0 Å². The molecule has 0 saturated heterocycles. The molecule has 0 spiro atoms. The maximum absolute atomic E-state index is 10.6. The van der Waals surface area contributed by atoms with Gasteiger partial charge in [-0.2, -0.15) is 0 Å². The molecular formula is C11H17NO2S. The molecule has 0 saturated carbocycles. The largest absolute Gasteiger partial charge is 0.395 e. The number of thiophene rings is 1. The third kappa shape index (κ3) is 3.64. The van der Waals surface area contributed by atoms with Gasteiger partial charge < -0.3 is 10.0 Å². The van der Waals surface area contributed by atoms with Crippen LogP contribution < -0.4 is 4.90 Å². The number of aliphatic hydroxyl groups is 1. The Kier molecular flexibility index (Phi) is 5.36. The van der Waals surface area contributed by atoms with Gasteiger partial charge in [-0.3, -0.25) is 4.79 Å². The number of hydrogen-bond donors (Lipinski definition) is 1. The predicted octanol–water partition coefficient (Wildman–Crippen LogP) is 2.16. The molecule has 84 valence electrons. The topological polar surface area (TPSA) is 40.5 Å². The summed E-state index contributed by atoms with van der Waals surface area (Å²) < 4.78 is 0. The van der Waals surface area contributed by atoms with Crippen LogP contribution in [0.15, 0.2) is 12.1 Å². The third-order valence-electron chi connectivity index (χ3n) is 2.19. The first-order valence-electron chi connectivity index (χ1n) is 5.22. The summed E-state index contributed by atoms with van der Waals surface area (Å²) in [6, 6.07) is 3.77. The first kappa shape index (κ1) is 12.2. The van der Waals surface area contributed by atoms with Gasteiger partial charge in [-0.15, -0.1) is 11.3 Å². The predicted molar refractivity (Wildman–Crippen MR) is 63.9 cm³/mol. The Labute approximate surface area is 94.3 Å². The molecule has 4 heteroatoms. The zero-order valence-electron chi connectivity index (χ0n) is 8.98. The molecule has 15 heavy (non-hydrogen) atoms. The molecule has 0 atom stereocenters. The van der Waals surface area contributed by atoms with E-state index in [2.05, 4.69) is 11.8 Å². The maximum Gasteiger partial charge on any atom is 0.160 e. The summed E-state index contributed by atoms with van der Waals surface area (Å²) in [6.07, 6.45) is 3.10. The molecule has 3 nitrogen and oxygen atoms in total. The van der Waals surface area contributed by atoms with Crippen molar-refractivity contribution in [3.63, 3.8) is 0 Å². The SMILES string of the molecule is CCCCN(CCO)c1ccc(C=O)s1. The molecule has 0 unspecified atom stereocenters. The van der Waals surface area contributed by atoms with Crippen LogP contribution in [-0.4, -0.2) is 31.1 Å². The van der Waals surface area contributed by atoms with Crippen molar-refractivity contribution in [3.8, 4) is 0 Å². The number of aldehydes is 1. The van der Waals surface area contributed by atoms with Gasteiger partial charge in [-0.1, -0.05) is 13.3 Å². The van der Waals surface area contributed by atoms with Crippen LogP contribution in [0.5, 0.6) is 0 Å². The van der Waals surface area contributed by atoms with Gasteiger partial charge in [0.05, 0.1) is 16.5 Å². The van der Waals surface area contributed by atoms with Crippen LogP contribution >= 0.6 is 11.3 Å². The van der Waals surface area contributed by atoms with Crippen molar-refractivity contribution in [2.24, 2.45) is 0 Å². The first-order valence-corrected chi connectivity index (χ1v) is 6.04. The number of hydrogen-bond acceptors (Lipinski definition) is 4. The molecule has 0 fully saturated rings. The van der Waals surface area contributed by atoms with Crippen molar-refractivity contribution in [1.29, 1.82) is 0 Å². The van der Waals surface area contributed by atoms with Gasteiger partial charge in [0.25, 0.3) is 0 Å². The Morgan fingerprint density at radius 2 is 2.27 bits per heavy atom. The fraction of sp³-hybridized carbons (Fsp3) is 0.545. The summed E-state index contributed by atoms with van der Waals surface area (Å²) in [4.78, 5) is 13.4. The number of aliphatic hydroxyl groups excluding tert-OH is 1.